The summed E-state index contributed by atoms with van der Waals surface area (Å²) in [6, 6.07) is 8.33. The van der Waals surface area contributed by atoms with Crippen molar-refractivity contribution in [1.82, 2.24) is 14.8 Å². The number of alkyl halides is 1. The molecule has 0 aliphatic rings. The summed E-state index contributed by atoms with van der Waals surface area (Å²) in [5, 5.41) is 4.27. The second-order valence-corrected chi connectivity index (χ2v) is 6.13. The second kappa shape index (κ2) is 6.96. The molecule has 19 heavy (non-hydrogen) atoms. The van der Waals surface area contributed by atoms with Crippen molar-refractivity contribution >= 4 is 23.4 Å². The summed E-state index contributed by atoms with van der Waals surface area (Å²) in [6.07, 6.45) is 1.63. The minimum atomic E-state index is 0.563. The predicted octanol–water partition coefficient (Wildman–Crippen LogP) is 3.97. The van der Waals surface area contributed by atoms with E-state index >= 15 is 0 Å². The summed E-state index contributed by atoms with van der Waals surface area (Å²) in [6.45, 7) is 5.29. The number of halogens is 1. The molecule has 0 unspecified atom stereocenters. The van der Waals surface area contributed by atoms with Gasteiger partial charge in [-0.1, -0.05) is 26.0 Å². The van der Waals surface area contributed by atoms with Crippen LogP contribution in [0.3, 0.4) is 0 Å². The summed E-state index contributed by atoms with van der Waals surface area (Å²) < 4.78 is 1.99. The summed E-state index contributed by atoms with van der Waals surface area (Å²) in [5.74, 6) is 3.01. The highest BCUT2D eigenvalue weighted by atomic mass is 35.5. The molecule has 0 amide bonds. The molecule has 0 N–H and O–H groups in total. The van der Waals surface area contributed by atoms with E-state index in [-0.39, 0.29) is 0 Å². The van der Waals surface area contributed by atoms with E-state index in [0.717, 1.165) is 23.7 Å². The average molecular weight is 296 g/mol. The molecule has 1 aromatic heterocycles. The van der Waals surface area contributed by atoms with Gasteiger partial charge in [0.15, 0.2) is 0 Å². The SMILES string of the molecule is CC(C)Cn1ncnc1CSc1ccc(CCl)cc1. The lowest BCUT2D eigenvalue weighted by Crippen LogP contribution is -2.09. The van der Waals surface area contributed by atoms with Crippen molar-refractivity contribution in [3.8, 4) is 0 Å². The van der Waals surface area contributed by atoms with E-state index in [1.54, 1.807) is 18.1 Å². The van der Waals surface area contributed by atoms with Crippen molar-refractivity contribution in [2.24, 2.45) is 5.92 Å². The molecule has 3 nitrogen and oxygen atoms in total. The first kappa shape index (κ1) is 14.4. The van der Waals surface area contributed by atoms with Crippen LogP contribution in [-0.4, -0.2) is 14.8 Å². The predicted molar refractivity (Wildman–Crippen MR) is 80.4 cm³/mol. The van der Waals surface area contributed by atoms with Gasteiger partial charge in [-0.25, -0.2) is 9.67 Å². The van der Waals surface area contributed by atoms with E-state index in [4.69, 9.17) is 11.6 Å². The standard InChI is InChI=1S/C14H18ClN3S/c1-11(2)8-18-14(16-10-17-18)9-19-13-5-3-12(7-15)4-6-13/h3-6,10-11H,7-9H2,1-2H3. The number of rotatable bonds is 6. The first-order valence-electron chi connectivity index (χ1n) is 6.33. The molecule has 2 rings (SSSR count). The fourth-order valence-electron chi connectivity index (χ4n) is 1.72. The van der Waals surface area contributed by atoms with Crippen LogP contribution in [0, 0.1) is 5.92 Å². The van der Waals surface area contributed by atoms with Gasteiger partial charge in [0.1, 0.15) is 12.2 Å². The fraction of sp³-hybridized carbons (Fsp3) is 0.429. The zero-order valence-electron chi connectivity index (χ0n) is 11.2. The van der Waals surface area contributed by atoms with Gasteiger partial charge in [0, 0.05) is 17.3 Å². The Morgan fingerprint density at radius 2 is 2.00 bits per heavy atom. The van der Waals surface area contributed by atoms with E-state index in [9.17, 15) is 0 Å². The molecule has 0 atom stereocenters. The van der Waals surface area contributed by atoms with E-state index in [1.165, 1.54) is 4.90 Å². The molecule has 0 saturated carbocycles. The molecule has 0 radical (unpaired) electrons. The molecule has 0 aliphatic heterocycles. The number of thioether (sulfide) groups is 1. The van der Waals surface area contributed by atoms with Gasteiger partial charge in [0.2, 0.25) is 0 Å². The lowest BCUT2D eigenvalue weighted by molar-refractivity contribution is 0.472. The van der Waals surface area contributed by atoms with Crippen molar-refractivity contribution < 1.29 is 0 Å². The van der Waals surface area contributed by atoms with Crippen molar-refractivity contribution in [3.05, 3.63) is 42.0 Å². The van der Waals surface area contributed by atoms with Crippen LogP contribution in [0.5, 0.6) is 0 Å². The monoisotopic (exact) mass is 295 g/mol. The Morgan fingerprint density at radius 1 is 1.26 bits per heavy atom. The van der Waals surface area contributed by atoms with Crippen LogP contribution in [0.15, 0.2) is 35.5 Å². The number of aromatic nitrogens is 3. The molecule has 5 heteroatoms. The Hall–Kier alpha value is -1.00. The van der Waals surface area contributed by atoms with Crippen LogP contribution in [-0.2, 0) is 18.2 Å². The topological polar surface area (TPSA) is 30.7 Å². The van der Waals surface area contributed by atoms with Gasteiger partial charge in [-0.3, -0.25) is 0 Å². The highest BCUT2D eigenvalue weighted by molar-refractivity contribution is 7.98. The number of hydrogen-bond acceptors (Lipinski definition) is 3. The molecule has 2 aromatic rings. The van der Waals surface area contributed by atoms with Gasteiger partial charge in [-0.05, 0) is 23.6 Å². The van der Waals surface area contributed by atoms with Gasteiger partial charge in [0.05, 0.1) is 5.75 Å². The highest BCUT2D eigenvalue weighted by Crippen LogP contribution is 2.22. The molecule has 1 heterocycles. The third-order valence-corrected chi connectivity index (χ3v) is 4.00. The molecule has 0 spiro atoms. The number of nitrogens with zero attached hydrogens (tertiary/aromatic N) is 3. The maximum absolute atomic E-state index is 5.78. The third-order valence-electron chi connectivity index (χ3n) is 2.68. The molecule has 1 aromatic carbocycles. The molecule has 102 valence electrons. The van der Waals surface area contributed by atoms with Gasteiger partial charge in [-0.2, -0.15) is 5.10 Å². The van der Waals surface area contributed by atoms with Crippen LogP contribution < -0.4 is 0 Å². The smallest absolute Gasteiger partial charge is 0.138 e. The first-order chi connectivity index (χ1) is 9.19. The largest absolute Gasteiger partial charge is 0.249 e. The normalized spacial score (nSPS) is 11.2. The molecule has 0 saturated heterocycles. The van der Waals surface area contributed by atoms with Crippen LogP contribution in [0.2, 0.25) is 0 Å². The Balaban J connectivity index is 1.96. The zero-order valence-corrected chi connectivity index (χ0v) is 12.8. The van der Waals surface area contributed by atoms with Crippen molar-refractivity contribution in [2.45, 2.75) is 36.9 Å². The van der Waals surface area contributed by atoms with Gasteiger partial charge in [0.25, 0.3) is 0 Å². The molecular formula is C14H18ClN3S. The Kier molecular flexibility index (Phi) is 5.28. The Bertz CT molecular complexity index is 508. The Morgan fingerprint density at radius 3 is 2.63 bits per heavy atom. The van der Waals surface area contributed by atoms with Crippen molar-refractivity contribution in [1.29, 1.82) is 0 Å². The lowest BCUT2D eigenvalue weighted by atomic mass is 10.2. The summed E-state index contributed by atoms with van der Waals surface area (Å²) >= 11 is 7.55. The van der Waals surface area contributed by atoms with E-state index < -0.39 is 0 Å². The average Bonchev–Trinajstić information content (AvgIpc) is 2.83. The summed E-state index contributed by atoms with van der Waals surface area (Å²) in [7, 11) is 0. The van der Waals surface area contributed by atoms with Crippen molar-refractivity contribution in [2.75, 3.05) is 0 Å². The van der Waals surface area contributed by atoms with Crippen LogP contribution in [0.1, 0.15) is 25.2 Å². The second-order valence-electron chi connectivity index (χ2n) is 4.82. The highest BCUT2D eigenvalue weighted by Gasteiger charge is 2.06. The summed E-state index contributed by atoms with van der Waals surface area (Å²) in [4.78, 5) is 5.56. The van der Waals surface area contributed by atoms with Crippen LogP contribution >= 0.6 is 23.4 Å². The molecular weight excluding hydrogens is 278 g/mol. The minimum Gasteiger partial charge on any atom is -0.249 e. The lowest BCUT2D eigenvalue weighted by Gasteiger charge is -2.08. The van der Waals surface area contributed by atoms with Crippen LogP contribution in [0.4, 0.5) is 0 Å². The Labute approximate surface area is 123 Å². The van der Waals surface area contributed by atoms with E-state index in [2.05, 4.69) is 48.2 Å². The zero-order chi connectivity index (χ0) is 13.7. The molecule has 0 fully saturated rings. The summed E-state index contributed by atoms with van der Waals surface area (Å²) in [5.41, 5.74) is 1.15. The minimum absolute atomic E-state index is 0.563. The maximum atomic E-state index is 5.78. The quantitative estimate of drug-likeness (QED) is 0.597. The third kappa shape index (κ3) is 4.25. The van der Waals surface area contributed by atoms with Gasteiger partial charge < -0.3 is 0 Å². The van der Waals surface area contributed by atoms with E-state index in [0.29, 0.717) is 11.8 Å². The van der Waals surface area contributed by atoms with Gasteiger partial charge in [-0.15, -0.1) is 23.4 Å². The first-order valence-corrected chi connectivity index (χ1v) is 7.85. The van der Waals surface area contributed by atoms with Gasteiger partial charge >= 0.3 is 0 Å². The number of hydrogen-bond donors (Lipinski definition) is 0. The van der Waals surface area contributed by atoms with Crippen LogP contribution in [0.25, 0.3) is 0 Å². The molecule has 0 bridgehead atoms. The van der Waals surface area contributed by atoms with Crippen molar-refractivity contribution in [3.63, 3.8) is 0 Å². The molecule has 0 aliphatic carbocycles. The maximum Gasteiger partial charge on any atom is 0.138 e. The number of benzene rings is 1. The van der Waals surface area contributed by atoms with E-state index in [1.807, 2.05) is 4.68 Å². The fourth-order valence-corrected chi connectivity index (χ4v) is 2.75.